The number of sulfone groups is 1. The lowest BCUT2D eigenvalue weighted by Crippen LogP contribution is -2.33. The maximum absolute atomic E-state index is 11.9. The van der Waals surface area contributed by atoms with Crippen LogP contribution in [0.1, 0.15) is 19.3 Å². The molecule has 0 atom stereocenters. The van der Waals surface area contributed by atoms with Crippen LogP contribution in [0.3, 0.4) is 0 Å². The molecule has 1 aliphatic rings. The normalized spacial score (nSPS) is 16.6. The van der Waals surface area contributed by atoms with Gasteiger partial charge in [-0.1, -0.05) is 6.42 Å². The van der Waals surface area contributed by atoms with Crippen LogP contribution in [0.15, 0.2) is 35.4 Å². The van der Waals surface area contributed by atoms with Gasteiger partial charge in [-0.25, -0.2) is 8.42 Å². The fraction of sp³-hybridized carbons (Fsp3) is 0.471. The van der Waals surface area contributed by atoms with Crippen molar-refractivity contribution in [2.45, 2.75) is 24.2 Å². The van der Waals surface area contributed by atoms with Gasteiger partial charge in [0, 0.05) is 30.9 Å². The number of hydrogen-bond donors (Lipinski definition) is 1. The van der Waals surface area contributed by atoms with E-state index in [-0.39, 0.29) is 0 Å². The largest absolute Gasteiger partial charge is 0.382 e. The number of rotatable bonds is 5. The van der Waals surface area contributed by atoms with Gasteiger partial charge in [0.1, 0.15) is 0 Å². The minimum atomic E-state index is -3.26. The number of fused-ring (bicyclic) bond motifs is 1. The molecule has 5 nitrogen and oxygen atoms in total. The third-order valence-corrected chi connectivity index (χ3v) is 5.48. The Bertz CT molecular complexity index is 784. The average Bonchev–Trinajstić information content (AvgIpc) is 2.55. The molecule has 0 radical (unpaired) electrons. The number of piperidine rings is 1. The standard InChI is InChI=1S/C17H23N3O2S/c1-23(21,22)16-8-7-15(17-14(16)6-5-9-19-17)18-10-13-20-11-3-2-4-12-20/h5-9,18H,2-4,10-13H2,1H3. The van der Waals surface area contributed by atoms with Crippen LogP contribution < -0.4 is 5.32 Å². The minimum absolute atomic E-state index is 0.335. The van der Waals surface area contributed by atoms with Crippen molar-refractivity contribution in [1.29, 1.82) is 0 Å². The molecule has 1 fully saturated rings. The molecule has 0 bridgehead atoms. The van der Waals surface area contributed by atoms with E-state index in [9.17, 15) is 8.42 Å². The Morgan fingerprint density at radius 3 is 2.70 bits per heavy atom. The highest BCUT2D eigenvalue weighted by atomic mass is 32.2. The summed E-state index contributed by atoms with van der Waals surface area (Å²) in [6.07, 6.45) is 6.84. The van der Waals surface area contributed by atoms with E-state index in [0.717, 1.165) is 18.8 Å². The maximum Gasteiger partial charge on any atom is 0.176 e. The zero-order valence-electron chi connectivity index (χ0n) is 13.5. The molecule has 0 spiro atoms. The molecule has 124 valence electrons. The lowest BCUT2D eigenvalue weighted by Gasteiger charge is -2.26. The molecule has 23 heavy (non-hydrogen) atoms. The zero-order valence-corrected chi connectivity index (χ0v) is 14.3. The number of likely N-dealkylation sites (tertiary alicyclic amines) is 1. The van der Waals surface area contributed by atoms with Crippen molar-refractivity contribution in [2.75, 3.05) is 37.8 Å². The lowest BCUT2D eigenvalue weighted by atomic mass is 10.1. The first-order chi connectivity index (χ1) is 11.1. The number of pyridine rings is 1. The maximum atomic E-state index is 11.9. The summed E-state index contributed by atoms with van der Waals surface area (Å²) < 4.78 is 23.8. The molecule has 1 N–H and O–H groups in total. The van der Waals surface area contributed by atoms with E-state index in [1.807, 2.05) is 12.1 Å². The number of benzene rings is 1. The van der Waals surface area contributed by atoms with Gasteiger partial charge in [0.25, 0.3) is 0 Å². The minimum Gasteiger partial charge on any atom is -0.382 e. The Morgan fingerprint density at radius 2 is 1.96 bits per heavy atom. The van der Waals surface area contributed by atoms with Crippen molar-refractivity contribution in [1.82, 2.24) is 9.88 Å². The van der Waals surface area contributed by atoms with Gasteiger partial charge in [-0.2, -0.15) is 0 Å². The highest BCUT2D eigenvalue weighted by molar-refractivity contribution is 7.91. The highest BCUT2D eigenvalue weighted by Crippen LogP contribution is 2.27. The molecule has 6 heteroatoms. The molecule has 0 amide bonds. The van der Waals surface area contributed by atoms with Crippen molar-refractivity contribution >= 4 is 26.4 Å². The summed E-state index contributed by atoms with van der Waals surface area (Å²) in [6.45, 7) is 4.19. The van der Waals surface area contributed by atoms with Crippen molar-refractivity contribution in [3.63, 3.8) is 0 Å². The van der Waals surface area contributed by atoms with E-state index in [4.69, 9.17) is 0 Å². The van der Waals surface area contributed by atoms with Crippen molar-refractivity contribution < 1.29 is 8.42 Å². The molecular weight excluding hydrogens is 310 g/mol. The van der Waals surface area contributed by atoms with Crippen molar-refractivity contribution in [3.8, 4) is 0 Å². The average molecular weight is 333 g/mol. The van der Waals surface area contributed by atoms with Crippen LogP contribution in [0.25, 0.3) is 10.9 Å². The SMILES string of the molecule is CS(=O)(=O)c1ccc(NCCN2CCCCC2)c2ncccc12. The van der Waals surface area contributed by atoms with Gasteiger partial charge in [-0.05, 0) is 50.2 Å². The van der Waals surface area contributed by atoms with Gasteiger partial charge in [0.05, 0.1) is 16.1 Å². The summed E-state index contributed by atoms with van der Waals surface area (Å²) in [6, 6.07) is 7.08. The number of hydrogen-bond acceptors (Lipinski definition) is 5. The molecule has 2 aromatic rings. The van der Waals surface area contributed by atoms with Crippen molar-refractivity contribution in [2.24, 2.45) is 0 Å². The van der Waals surface area contributed by atoms with Crippen LogP contribution in [0.4, 0.5) is 5.69 Å². The van der Waals surface area contributed by atoms with Gasteiger partial charge in [0.15, 0.2) is 9.84 Å². The van der Waals surface area contributed by atoms with Crippen LogP contribution in [0, 0.1) is 0 Å². The van der Waals surface area contributed by atoms with Gasteiger partial charge < -0.3 is 10.2 Å². The molecule has 0 unspecified atom stereocenters. The summed E-state index contributed by atoms with van der Waals surface area (Å²) in [5.74, 6) is 0. The van der Waals surface area contributed by atoms with Crippen LogP contribution >= 0.6 is 0 Å². The summed E-state index contributed by atoms with van der Waals surface area (Å²) in [5, 5.41) is 4.09. The van der Waals surface area contributed by atoms with E-state index < -0.39 is 9.84 Å². The molecule has 0 aliphatic carbocycles. The Morgan fingerprint density at radius 1 is 1.17 bits per heavy atom. The second kappa shape index (κ2) is 6.84. The summed E-state index contributed by atoms with van der Waals surface area (Å²) in [7, 11) is -3.26. The van der Waals surface area contributed by atoms with Crippen LogP contribution in [0.2, 0.25) is 0 Å². The number of nitrogens with zero attached hydrogens (tertiary/aromatic N) is 2. The summed E-state index contributed by atoms with van der Waals surface area (Å²) in [5.41, 5.74) is 1.61. The second-order valence-corrected chi connectivity index (χ2v) is 8.10. The molecule has 0 saturated carbocycles. The van der Waals surface area contributed by atoms with E-state index in [1.165, 1.54) is 38.6 Å². The Kier molecular flexibility index (Phi) is 4.82. The molecule has 3 rings (SSSR count). The summed E-state index contributed by atoms with van der Waals surface area (Å²) in [4.78, 5) is 7.18. The smallest absolute Gasteiger partial charge is 0.176 e. The highest BCUT2D eigenvalue weighted by Gasteiger charge is 2.15. The zero-order chi connectivity index (χ0) is 16.3. The first kappa shape index (κ1) is 16.2. The quantitative estimate of drug-likeness (QED) is 0.911. The van der Waals surface area contributed by atoms with Crippen LogP contribution in [-0.2, 0) is 9.84 Å². The molecule has 1 aliphatic heterocycles. The molecule has 2 heterocycles. The number of nitrogens with one attached hydrogen (secondary N) is 1. The number of anilines is 1. The molecule has 1 aromatic carbocycles. The van der Waals surface area contributed by atoms with Gasteiger partial charge in [-0.3, -0.25) is 4.98 Å². The van der Waals surface area contributed by atoms with E-state index in [0.29, 0.717) is 15.8 Å². The molecule has 1 aromatic heterocycles. The van der Waals surface area contributed by atoms with E-state index in [2.05, 4.69) is 15.2 Å². The van der Waals surface area contributed by atoms with Crippen LogP contribution in [-0.4, -0.2) is 50.7 Å². The fourth-order valence-corrected chi connectivity index (χ4v) is 4.02. The van der Waals surface area contributed by atoms with Gasteiger partial charge in [0.2, 0.25) is 0 Å². The van der Waals surface area contributed by atoms with Gasteiger partial charge in [-0.15, -0.1) is 0 Å². The van der Waals surface area contributed by atoms with E-state index in [1.54, 1.807) is 18.3 Å². The predicted octanol–water partition coefficient (Wildman–Crippen LogP) is 2.54. The summed E-state index contributed by atoms with van der Waals surface area (Å²) >= 11 is 0. The third-order valence-electron chi connectivity index (χ3n) is 4.32. The molecular formula is C17H23N3O2S. The predicted molar refractivity (Wildman–Crippen MR) is 93.6 cm³/mol. The fourth-order valence-electron chi connectivity index (χ4n) is 3.14. The lowest BCUT2D eigenvalue weighted by molar-refractivity contribution is 0.237. The topological polar surface area (TPSA) is 62.3 Å². The van der Waals surface area contributed by atoms with Crippen molar-refractivity contribution in [3.05, 3.63) is 30.5 Å². The first-order valence-corrected chi connectivity index (χ1v) is 9.99. The second-order valence-electron chi connectivity index (χ2n) is 6.11. The first-order valence-electron chi connectivity index (χ1n) is 8.10. The van der Waals surface area contributed by atoms with Crippen LogP contribution in [0.5, 0.6) is 0 Å². The Labute approximate surface area is 137 Å². The van der Waals surface area contributed by atoms with E-state index >= 15 is 0 Å². The Balaban J connectivity index is 1.79. The number of aromatic nitrogens is 1. The monoisotopic (exact) mass is 333 g/mol. The van der Waals surface area contributed by atoms with Gasteiger partial charge >= 0.3 is 0 Å². The molecule has 1 saturated heterocycles. The third kappa shape index (κ3) is 3.82. The Hall–Kier alpha value is -1.66.